The van der Waals surface area contributed by atoms with Gasteiger partial charge in [0.2, 0.25) is 0 Å². The van der Waals surface area contributed by atoms with E-state index in [1.54, 1.807) is 6.08 Å². The van der Waals surface area contributed by atoms with Crippen molar-refractivity contribution in [2.24, 2.45) is 0 Å². The van der Waals surface area contributed by atoms with Gasteiger partial charge in [-0.2, -0.15) is 0 Å². The summed E-state index contributed by atoms with van der Waals surface area (Å²) in [6.45, 7) is 1.35. The van der Waals surface area contributed by atoms with Crippen LogP contribution in [0.2, 0.25) is 0 Å². The molecule has 0 fully saturated rings. The molecule has 0 aromatic rings. The van der Waals surface area contributed by atoms with Crippen LogP contribution in [0.15, 0.2) is 11.6 Å². The maximum atomic E-state index is 11.0. The molecule has 0 aliphatic heterocycles. The highest BCUT2D eigenvalue weighted by Crippen LogP contribution is 2.21. The summed E-state index contributed by atoms with van der Waals surface area (Å²) >= 11 is 0. The molecule has 0 N–H and O–H groups in total. The summed E-state index contributed by atoms with van der Waals surface area (Å²) < 4.78 is 9.45. The molecule has 0 spiro atoms. The minimum absolute atomic E-state index is 0.258. The largest absolute Gasteiger partial charge is 0.466 e. The molecule has 1 aliphatic carbocycles. The fraction of sp³-hybridized carbons (Fsp3) is 0.556. The molecule has 0 unspecified atom stereocenters. The topological polar surface area (TPSA) is 52.6 Å². The van der Waals surface area contributed by atoms with Crippen molar-refractivity contribution in [1.82, 2.24) is 0 Å². The van der Waals surface area contributed by atoms with Crippen LogP contribution >= 0.6 is 0 Å². The normalized spacial score (nSPS) is 20.8. The van der Waals surface area contributed by atoms with Gasteiger partial charge in [-0.25, -0.2) is 4.79 Å². The monoisotopic (exact) mass is 184 g/mol. The van der Waals surface area contributed by atoms with Crippen molar-refractivity contribution in [2.75, 3.05) is 7.11 Å². The Labute approximate surface area is 76.5 Å². The number of esters is 2. The number of methoxy groups -OCH3 is 1. The Morgan fingerprint density at radius 3 is 2.77 bits per heavy atom. The van der Waals surface area contributed by atoms with Crippen LogP contribution in [-0.4, -0.2) is 25.2 Å². The van der Waals surface area contributed by atoms with E-state index in [0.717, 1.165) is 0 Å². The SMILES string of the molecule is COC(=O)C1=C[C@@H](OC(C)=O)CC1. The predicted octanol–water partition coefficient (Wildman–Crippen LogP) is 0.811. The van der Waals surface area contributed by atoms with Crippen molar-refractivity contribution in [3.05, 3.63) is 11.6 Å². The van der Waals surface area contributed by atoms with Gasteiger partial charge in [0.05, 0.1) is 7.11 Å². The zero-order valence-electron chi connectivity index (χ0n) is 7.70. The number of hydrogen-bond donors (Lipinski definition) is 0. The molecule has 4 heteroatoms. The van der Waals surface area contributed by atoms with E-state index in [1.165, 1.54) is 14.0 Å². The maximum absolute atomic E-state index is 11.0. The van der Waals surface area contributed by atoms with E-state index in [2.05, 4.69) is 4.74 Å². The van der Waals surface area contributed by atoms with E-state index in [0.29, 0.717) is 18.4 Å². The van der Waals surface area contributed by atoms with E-state index in [1.807, 2.05) is 0 Å². The zero-order chi connectivity index (χ0) is 9.84. The molecule has 0 aromatic carbocycles. The van der Waals surface area contributed by atoms with Crippen LogP contribution in [0, 0.1) is 0 Å². The second kappa shape index (κ2) is 4.07. The molecular formula is C9H12O4. The lowest BCUT2D eigenvalue weighted by atomic mass is 10.2. The molecule has 0 amide bonds. The molecule has 4 nitrogen and oxygen atoms in total. The molecule has 0 saturated carbocycles. The third kappa shape index (κ3) is 2.57. The van der Waals surface area contributed by atoms with Crippen LogP contribution in [0.4, 0.5) is 0 Å². The third-order valence-corrected chi connectivity index (χ3v) is 1.85. The summed E-state index contributed by atoms with van der Waals surface area (Å²) in [4.78, 5) is 21.6. The fourth-order valence-electron chi connectivity index (χ4n) is 1.30. The number of carbonyl (C=O) groups is 2. The smallest absolute Gasteiger partial charge is 0.333 e. The highest BCUT2D eigenvalue weighted by atomic mass is 16.5. The second-order valence-electron chi connectivity index (χ2n) is 2.87. The van der Waals surface area contributed by atoms with Crippen LogP contribution < -0.4 is 0 Å². The molecule has 1 rings (SSSR count). The van der Waals surface area contributed by atoms with Gasteiger partial charge in [0.15, 0.2) is 0 Å². The molecule has 0 saturated heterocycles. The van der Waals surface area contributed by atoms with Crippen molar-refractivity contribution in [3.8, 4) is 0 Å². The Morgan fingerprint density at radius 2 is 2.23 bits per heavy atom. The van der Waals surface area contributed by atoms with Crippen LogP contribution in [0.3, 0.4) is 0 Å². The van der Waals surface area contributed by atoms with E-state index in [-0.39, 0.29) is 18.0 Å². The second-order valence-corrected chi connectivity index (χ2v) is 2.87. The summed E-state index contributed by atoms with van der Waals surface area (Å²) in [5, 5.41) is 0. The predicted molar refractivity (Wildman–Crippen MR) is 44.9 cm³/mol. The first-order valence-electron chi connectivity index (χ1n) is 4.09. The van der Waals surface area contributed by atoms with E-state index >= 15 is 0 Å². The standard InChI is InChI=1S/C9H12O4/c1-6(10)13-8-4-3-7(5-8)9(11)12-2/h5,8H,3-4H2,1-2H3/t8-/m0/s1. The van der Waals surface area contributed by atoms with Crippen molar-refractivity contribution in [1.29, 1.82) is 0 Å². The average molecular weight is 184 g/mol. The lowest BCUT2D eigenvalue weighted by Crippen LogP contribution is -2.10. The number of carbonyl (C=O) groups excluding carboxylic acids is 2. The fourth-order valence-corrected chi connectivity index (χ4v) is 1.30. The molecule has 0 bridgehead atoms. The first kappa shape index (κ1) is 9.77. The average Bonchev–Trinajstić information content (AvgIpc) is 2.50. The van der Waals surface area contributed by atoms with Crippen molar-refractivity contribution in [3.63, 3.8) is 0 Å². The third-order valence-electron chi connectivity index (χ3n) is 1.85. The van der Waals surface area contributed by atoms with Gasteiger partial charge in [-0.15, -0.1) is 0 Å². The molecular weight excluding hydrogens is 172 g/mol. The zero-order valence-corrected chi connectivity index (χ0v) is 7.70. The first-order valence-corrected chi connectivity index (χ1v) is 4.09. The Hall–Kier alpha value is -1.32. The number of rotatable bonds is 2. The van der Waals surface area contributed by atoms with Crippen LogP contribution in [0.25, 0.3) is 0 Å². The first-order chi connectivity index (χ1) is 6.13. The number of ether oxygens (including phenoxy) is 2. The minimum Gasteiger partial charge on any atom is -0.466 e. The van der Waals surface area contributed by atoms with Crippen LogP contribution in [-0.2, 0) is 19.1 Å². The Balaban J connectivity index is 2.53. The summed E-state index contributed by atoms with van der Waals surface area (Å²) in [5.74, 6) is -0.665. The lowest BCUT2D eigenvalue weighted by molar-refractivity contribution is -0.144. The van der Waals surface area contributed by atoms with Crippen LogP contribution in [0.1, 0.15) is 19.8 Å². The highest BCUT2D eigenvalue weighted by molar-refractivity contribution is 5.89. The molecule has 1 atom stereocenters. The summed E-state index contributed by atoms with van der Waals surface area (Å²) in [6.07, 6.45) is 2.67. The molecule has 0 heterocycles. The Bertz CT molecular complexity index is 254. The maximum Gasteiger partial charge on any atom is 0.333 e. The van der Waals surface area contributed by atoms with Gasteiger partial charge in [-0.1, -0.05) is 0 Å². The lowest BCUT2D eigenvalue weighted by Gasteiger charge is -2.05. The molecule has 13 heavy (non-hydrogen) atoms. The molecule has 0 radical (unpaired) electrons. The van der Waals surface area contributed by atoms with Gasteiger partial charge in [0.25, 0.3) is 0 Å². The van der Waals surface area contributed by atoms with E-state index < -0.39 is 0 Å². The molecule has 1 aliphatic rings. The van der Waals surface area contributed by atoms with E-state index in [9.17, 15) is 9.59 Å². The van der Waals surface area contributed by atoms with Gasteiger partial charge in [-0.3, -0.25) is 4.79 Å². The summed E-state index contributed by atoms with van der Waals surface area (Å²) in [6, 6.07) is 0. The summed E-state index contributed by atoms with van der Waals surface area (Å²) in [5.41, 5.74) is 0.591. The molecule has 72 valence electrons. The Kier molecular flexibility index (Phi) is 3.06. The van der Waals surface area contributed by atoms with E-state index in [4.69, 9.17) is 4.74 Å². The van der Waals surface area contributed by atoms with Gasteiger partial charge in [0, 0.05) is 12.5 Å². The Morgan fingerprint density at radius 1 is 1.54 bits per heavy atom. The van der Waals surface area contributed by atoms with Gasteiger partial charge in [-0.05, 0) is 18.9 Å². The highest BCUT2D eigenvalue weighted by Gasteiger charge is 2.22. The summed E-state index contributed by atoms with van der Waals surface area (Å²) in [7, 11) is 1.34. The van der Waals surface area contributed by atoms with Gasteiger partial charge >= 0.3 is 11.9 Å². The minimum atomic E-state index is -0.338. The quantitative estimate of drug-likeness (QED) is 0.596. The van der Waals surface area contributed by atoms with Crippen molar-refractivity contribution < 1.29 is 19.1 Å². The molecule has 0 aromatic heterocycles. The van der Waals surface area contributed by atoms with Gasteiger partial charge < -0.3 is 9.47 Å². The van der Waals surface area contributed by atoms with Crippen LogP contribution in [0.5, 0.6) is 0 Å². The van der Waals surface area contributed by atoms with Gasteiger partial charge in [0.1, 0.15) is 6.10 Å². The van der Waals surface area contributed by atoms with Crippen molar-refractivity contribution >= 4 is 11.9 Å². The van der Waals surface area contributed by atoms with Crippen molar-refractivity contribution in [2.45, 2.75) is 25.9 Å². The number of hydrogen-bond acceptors (Lipinski definition) is 4.